The topological polar surface area (TPSA) is 46.2 Å². The van der Waals surface area contributed by atoms with Crippen molar-refractivity contribution in [3.05, 3.63) is 22.6 Å². The van der Waals surface area contributed by atoms with Gasteiger partial charge in [0.15, 0.2) is 9.84 Å². The first-order chi connectivity index (χ1) is 10.1. The predicted octanol–water partition coefficient (Wildman–Crippen LogP) is 4.71. The van der Waals surface area contributed by atoms with Gasteiger partial charge in [0.2, 0.25) is 0 Å². The van der Waals surface area contributed by atoms with Crippen LogP contribution in [-0.2, 0) is 9.84 Å². The fraction of sp³-hybridized carbons (Fsp3) is 0.765. The number of sulfone groups is 1. The Kier molecular flexibility index (Phi) is 14.1. The minimum absolute atomic E-state index is 0. The Bertz CT molecular complexity index is 414. The molecule has 0 spiro atoms. The Labute approximate surface area is 134 Å². The van der Waals surface area contributed by atoms with E-state index in [9.17, 15) is 8.42 Å². The number of nitrogens with one attached hydrogen (secondary N) is 1. The van der Waals surface area contributed by atoms with E-state index in [0.29, 0.717) is 11.3 Å². The van der Waals surface area contributed by atoms with Crippen molar-refractivity contribution in [3.8, 4) is 0 Å². The summed E-state index contributed by atoms with van der Waals surface area (Å²) in [4.78, 5) is 0.672. The Morgan fingerprint density at radius 2 is 1.76 bits per heavy atom. The number of likely N-dealkylation sites (N-methyl/N-ethyl adjacent to an activating group) is 1. The highest BCUT2D eigenvalue weighted by atomic mass is 32.2. The molecule has 0 aromatic heterocycles. The maximum absolute atomic E-state index is 11.8. The van der Waals surface area contributed by atoms with Crippen LogP contribution in [0, 0.1) is 0 Å². The van der Waals surface area contributed by atoms with E-state index in [1.807, 2.05) is 40.8 Å². The van der Waals surface area contributed by atoms with Crippen molar-refractivity contribution in [3.63, 3.8) is 0 Å². The van der Waals surface area contributed by atoms with E-state index in [1.165, 1.54) is 6.42 Å². The lowest BCUT2D eigenvalue weighted by Crippen LogP contribution is -2.28. The first-order valence-corrected chi connectivity index (χ1v) is 10.0. The summed E-state index contributed by atoms with van der Waals surface area (Å²) in [6.45, 7) is 12.2. The average molecular weight is 320 g/mol. The molecule has 0 radical (unpaired) electrons. The molecular formula is C17H37NO2S. The van der Waals surface area contributed by atoms with Crippen molar-refractivity contribution in [1.29, 1.82) is 0 Å². The fourth-order valence-corrected chi connectivity index (χ4v) is 4.13. The smallest absolute Gasteiger partial charge is 0.176 e. The van der Waals surface area contributed by atoms with E-state index in [0.717, 1.165) is 18.4 Å². The molecule has 1 aliphatic carbocycles. The van der Waals surface area contributed by atoms with E-state index in [2.05, 4.69) is 25.2 Å². The van der Waals surface area contributed by atoms with Crippen LogP contribution in [0.4, 0.5) is 0 Å². The van der Waals surface area contributed by atoms with Gasteiger partial charge in [0.1, 0.15) is 0 Å². The molecule has 1 aliphatic heterocycles. The normalized spacial score (nSPS) is 21.6. The van der Waals surface area contributed by atoms with Gasteiger partial charge in [-0.2, -0.15) is 0 Å². The zero-order chi connectivity index (χ0) is 16.9. The van der Waals surface area contributed by atoms with E-state index < -0.39 is 9.84 Å². The number of allylic oxidation sites excluding steroid dienone is 2. The summed E-state index contributed by atoms with van der Waals surface area (Å²) in [6, 6.07) is 0.00403. The molecule has 3 nitrogen and oxygen atoms in total. The Morgan fingerprint density at radius 1 is 1.24 bits per heavy atom. The molecule has 1 heterocycles. The zero-order valence-corrected chi connectivity index (χ0v) is 15.8. The van der Waals surface area contributed by atoms with Gasteiger partial charge in [0.25, 0.3) is 0 Å². The number of hydrogen-bond donors (Lipinski definition) is 1. The molecule has 1 atom stereocenters. The lowest BCUT2D eigenvalue weighted by Gasteiger charge is -2.08. The quantitative estimate of drug-likeness (QED) is 0.761. The molecule has 0 unspecified atom stereocenters. The molecule has 0 saturated heterocycles. The summed E-state index contributed by atoms with van der Waals surface area (Å²) in [5.41, 5.74) is 0.991. The number of hydrogen-bond acceptors (Lipinski definition) is 3. The molecule has 0 bridgehead atoms. The minimum atomic E-state index is -2.97. The molecule has 1 N–H and O–H groups in total. The van der Waals surface area contributed by atoms with E-state index in [4.69, 9.17) is 0 Å². The fourth-order valence-electron chi connectivity index (χ4n) is 2.12. The van der Waals surface area contributed by atoms with Gasteiger partial charge in [-0.3, -0.25) is 0 Å². The first-order valence-electron chi connectivity index (χ1n) is 8.36. The maximum atomic E-state index is 11.8. The summed E-state index contributed by atoms with van der Waals surface area (Å²) in [5.74, 6) is 0.235. The van der Waals surface area contributed by atoms with Crippen molar-refractivity contribution < 1.29 is 9.84 Å². The Morgan fingerprint density at radius 3 is 2.24 bits per heavy atom. The standard InChI is InChI=1S/C10H15NO2S.C3H8.2C2H6.H2/c1-11-9-7-14(12,13)10-6-4-2-3-5-8(9)10;1-3-2;2*1-2;/h3,5,9,11H,2,4,6-7H2,1H3;3H2,1-2H3;2*1-2H3;1H/t9-;;;;/m0..../s1. The van der Waals surface area contributed by atoms with Crippen LogP contribution >= 0.6 is 0 Å². The molecule has 128 valence electrons. The van der Waals surface area contributed by atoms with E-state index >= 15 is 0 Å². The SMILES string of the molecule is CC.CC.CCC.CN[C@H]1CS(=O)(=O)C2=C1C=CCCC2.[HH]. The first kappa shape index (κ1) is 22.7. The van der Waals surface area contributed by atoms with Crippen LogP contribution in [-0.4, -0.2) is 27.3 Å². The largest absolute Gasteiger partial charge is 0.312 e. The molecule has 2 aliphatic rings. The third kappa shape index (κ3) is 7.28. The molecule has 4 heteroatoms. The lowest BCUT2D eigenvalue weighted by atomic mass is 10.1. The molecule has 0 aromatic rings. The predicted molar refractivity (Wildman–Crippen MR) is 97.4 cm³/mol. The zero-order valence-electron chi connectivity index (χ0n) is 15.0. The van der Waals surface area contributed by atoms with Crippen molar-refractivity contribution in [2.24, 2.45) is 0 Å². The van der Waals surface area contributed by atoms with Gasteiger partial charge in [0.05, 0.1) is 5.75 Å². The van der Waals surface area contributed by atoms with Crippen molar-refractivity contribution in [2.75, 3.05) is 12.8 Å². The van der Waals surface area contributed by atoms with Gasteiger partial charge < -0.3 is 5.32 Å². The summed E-state index contributed by atoms with van der Waals surface area (Å²) in [7, 11) is -1.15. The van der Waals surface area contributed by atoms with Gasteiger partial charge in [-0.1, -0.05) is 60.1 Å². The summed E-state index contributed by atoms with van der Waals surface area (Å²) < 4.78 is 23.6. The Balaban J connectivity index is -0.000000395. The highest BCUT2D eigenvalue weighted by Gasteiger charge is 2.35. The van der Waals surface area contributed by atoms with Crippen LogP contribution in [0.25, 0.3) is 0 Å². The highest BCUT2D eigenvalue weighted by molar-refractivity contribution is 7.95. The van der Waals surface area contributed by atoms with Crippen LogP contribution in [0.5, 0.6) is 0 Å². The van der Waals surface area contributed by atoms with Gasteiger partial charge in [-0.25, -0.2) is 8.42 Å². The molecule has 0 fully saturated rings. The number of rotatable bonds is 1. The van der Waals surface area contributed by atoms with E-state index in [-0.39, 0.29) is 13.2 Å². The molecule has 0 aromatic carbocycles. The van der Waals surface area contributed by atoms with E-state index in [1.54, 1.807) is 0 Å². The van der Waals surface area contributed by atoms with Gasteiger partial charge in [0, 0.05) is 12.4 Å². The molecule has 0 saturated carbocycles. The van der Waals surface area contributed by atoms with Crippen LogP contribution < -0.4 is 5.32 Å². The van der Waals surface area contributed by atoms with Crippen molar-refractivity contribution in [2.45, 2.75) is 73.3 Å². The summed E-state index contributed by atoms with van der Waals surface area (Å²) in [6.07, 6.45) is 7.95. The van der Waals surface area contributed by atoms with Crippen molar-refractivity contribution in [1.82, 2.24) is 5.32 Å². The highest BCUT2D eigenvalue weighted by Crippen LogP contribution is 2.32. The Hall–Kier alpha value is -0.610. The second-order valence-electron chi connectivity index (χ2n) is 4.50. The maximum Gasteiger partial charge on any atom is 0.176 e. The molecular weight excluding hydrogens is 282 g/mol. The third-order valence-electron chi connectivity index (χ3n) is 2.88. The van der Waals surface area contributed by atoms with Crippen LogP contribution in [0.2, 0.25) is 0 Å². The van der Waals surface area contributed by atoms with Gasteiger partial charge in [-0.15, -0.1) is 0 Å². The van der Waals surface area contributed by atoms with Crippen LogP contribution in [0.15, 0.2) is 22.6 Å². The molecule has 2 rings (SSSR count). The average Bonchev–Trinajstić information content (AvgIpc) is 2.68. The molecule has 21 heavy (non-hydrogen) atoms. The van der Waals surface area contributed by atoms with Crippen LogP contribution in [0.1, 0.15) is 68.7 Å². The second-order valence-corrected chi connectivity index (χ2v) is 6.56. The monoisotopic (exact) mass is 319 g/mol. The van der Waals surface area contributed by atoms with Crippen molar-refractivity contribution >= 4 is 9.84 Å². The van der Waals surface area contributed by atoms with Crippen LogP contribution in [0.3, 0.4) is 0 Å². The summed E-state index contributed by atoms with van der Waals surface area (Å²) in [5, 5.41) is 3.06. The summed E-state index contributed by atoms with van der Waals surface area (Å²) >= 11 is 0. The minimum Gasteiger partial charge on any atom is -0.312 e. The lowest BCUT2D eigenvalue weighted by molar-refractivity contribution is 0.596. The molecule has 0 amide bonds. The third-order valence-corrected chi connectivity index (χ3v) is 4.84. The van der Waals surface area contributed by atoms with Gasteiger partial charge >= 0.3 is 0 Å². The second kappa shape index (κ2) is 13.1. The van der Waals surface area contributed by atoms with Gasteiger partial charge in [-0.05, 0) is 31.9 Å².